The first-order valence-corrected chi connectivity index (χ1v) is 7.88. The molecule has 0 radical (unpaired) electrons. The molecule has 1 heterocycles. The summed E-state index contributed by atoms with van der Waals surface area (Å²) in [5.41, 5.74) is 0. The van der Waals surface area contributed by atoms with Crippen LogP contribution >= 0.6 is 0 Å². The number of carbonyl (C=O) groups is 1. The Bertz CT molecular complexity index is 363. The first kappa shape index (κ1) is 15.4. The van der Waals surface area contributed by atoms with Gasteiger partial charge in [0.15, 0.2) is 0 Å². The van der Waals surface area contributed by atoms with Crippen LogP contribution in [0.2, 0.25) is 0 Å². The summed E-state index contributed by atoms with van der Waals surface area (Å²) >= 11 is 0. The van der Waals surface area contributed by atoms with Crippen LogP contribution in [0.4, 0.5) is 0 Å². The van der Waals surface area contributed by atoms with Crippen LogP contribution in [0.3, 0.4) is 0 Å². The summed E-state index contributed by atoms with van der Waals surface area (Å²) in [5.74, 6) is -0.672. The van der Waals surface area contributed by atoms with Gasteiger partial charge in [0.2, 0.25) is 10.0 Å². The highest BCUT2D eigenvalue weighted by molar-refractivity contribution is 7.89. The lowest BCUT2D eigenvalue weighted by atomic mass is 10.2. The van der Waals surface area contributed by atoms with E-state index in [0.717, 1.165) is 19.4 Å². The van der Waals surface area contributed by atoms with Gasteiger partial charge >= 0.3 is 5.97 Å². The molecular weight excluding hydrogens is 256 g/mol. The molecule has 0 spiro atoms. The van der Waals surface area contributed by atoms with E-state index in [1.165, 1.54) is 11.4 Å². The molecule has 1 fully saturated rings. The maximum atomic E-state index is 12.1. The van der Waals surface area contributed by atoms with Crippen molar-refractivity contribution in [3.63, 3.8) is 0 Å². The normalized spacial score (nSPS) is 20.3. The highest BCUT2D eigenvalue weighted by Crippen LogP contribution is 2.11. The largest absolute Gasteiger partial charge is 0.469 e. The van der Waals surface area contributed by atoms with Gasteiger partial charge < -0.3 is 10.1 Å². The second-order valence-electron chi connectivity index (χ2n) is 4.39. The third-order valence-corrected chi connectivity index (χ3v) is 5.04. The second-order valence-corrected chi connectivity index (χ2v) is 6.47. The lowest BCUT2D eigenvalue weighted by Gasteiger charge is -2.23. The minimum absolute atomic E-state index is 0.0899. The van der Waals surface area contributed by atoms with Crippen LogP contribution in [0.1, 0.15) is 26.2 Å². The molecule has 1 atom stereocenters. The summed E-state index contributed by atoms with van der Waals surface area (Å²) in [6.45, 7) is 3.68. The molecular formula is C11H22N2O4S. The number of likely N-dealkylation sites (N-methyl/N-ethyl adjacent to an activating group) is 1. The van der Waals surface area contributed by atoms with Gasteiger partial charge in [-0.1, -0.05) is 6.92 Å². The Morgan fingerprint density at radius 2 is 2.22 bits per heavy atom. The number of methoxy groups -OCH3 is 1. The zero-order valence-electron chi connectivity index (χ0n) is 11.0. The van der Waals surface area contributed by atoms with Gasteiger partial charge in [-0.15, -0.1) is 0 Å². The smallest absolute Gasteiger partial charge is 0.306 e. The first-order chi connectivity index (χ1) is 8.49. The topological polar surface area (TPSA) is 75.7 Å². The van der Waals surface area contributed by atoms with E-state index in [-0.39, 0.29) is 18.2 Å². The number of esters is 1. The fourth-order valence-corrected chi connectivity index (χ4v) is 3.52. The molecule has 0 aromatic heterocycles. The first-order valence-electron chi connectivity index (χ1n) is 6.27. The molecule has 6 nitrogen and oxygen atoms in total. The molecule has 7 heteroatoms. The molecule has 1 N–H and O–H groups in total. The molecule has 0 aliphatic carbocycles. The van der Waals surface area contributed by atoms with Crippen molar-refractivity contribution in [2.24, 2.45) is 0 Å². The highest BCUT2D eigenvalue weighted by atomic mass is 32.2. The Balaban J connectivity index is 2.52. The van der Waals surface area contributed by atoms with Crippen molar-refractivity contribution >= 4 is 16.0 Å². The van der Waals surface area contributed by atoms with Crippen LogP contribution in [-0.4, -0.2) is 57.2 Å². The Labute approximate surface area is 109 Å². The Kier molecular flexibility index (Phi) is 6.04. The van der Waals surface area contributed by atoms with Crippen molar-refractivity contribution < 1.29 is 17.9 Å². The number of sulfonamides is 1. The monoisotopic (exact) mass is 278 g/mol. The van der Waals surface area contributed by atoms with Crippen molar-refractivity contribution in [1.82, 2.24) is 9.62 Å². The Morgan fingerprint density at radius 3 is 2.72 bits per heavy atom. The van der Waals surface area contributed by atoms with Crippen molar-refractivity contribution in [2.75, 3.05) is 32.5 Å². The third-order valence-electron chi connectivity index (χ3n) is 3.12. The summed E-state index contributed by atoms with van der Waals surface area (Å²) < 4.78 is 30.0. The van der Waals surface area contributed by atoms with Crippen LogP contribution in [0, 0.1) is 0 Å². The molecule has 1 aliphatic heterocycles. The van der Waals surface area contributed by atoms with Crippen LogP contribution in [0.15, 0.2) is 0 Å². The summed E-state index contributed by atoms with van der Waals surface area (Å²) in [7, 11) is -2.11. The van der Waals surface area contributed by atoms with Gasteiger partial charge in [-0.05, 0) is 19.4 Å². The fraction of sp³-hybridized carbons (Fsp3) is 0.909. The van der Waals surface area contributed by atoms with Gasteiger partial charge in [0.05, 0.1) is 19.3 Å². The summed E-state index contributed by atoms with van der Waals surface area (Å²) in [6, 6.07) is 0.234. The van der Waals surface area contributed by atoms with Crippen molar-refractivity contribution in [2.45, 2.75) is 32.2 Å². The van der Waals surface area contributed by atoms with Crippen LogP contribution in [0.5, 0.6) is 0 Å². The van der Waals surface area contributed by atoms with Gasteiger partial charge in [-0.25, -0.2) is 12.7 Å². The van der Waals surface area contributed by atoms with Gasteiger partial charge in [0, 0.05) is 19.1 Å². The lowest BCUT2D eigenvalue weighted by molar-refractivity contribution is -0.140. The number of rotatable bonds is 7. The number of nitrogens with one attached hydrogen (secondary N) is 1. The average molecular weight is 278 g/mol. The zero-order chi connectivity index (χ0) is 13.6. The molecule has 0 aromatic rings. The Morgan fingerprint density at radius 1 is 1.50 bits per heavy atom. The Hall–Kier alpha value is -0.660. The fourth-order valence-electron chi connectivity index (χ4n) is 2.04. The van der Waals surface area contributed by atoms with Crippen LogP contribution in [0.25, 0.3) is 0 Å². The van der Waals surface area contributed by atoms with Crippen LogP contribution < -0.4 is 5.32 Å². The SMILES string of the molecule is CCN(CC1CCCN1)S(=O)(=O)CCC(=O)OC. The van der Waals surface area contributed by atoms with Gasteiger partial charge in [0.1, 0.15) is 0 Å². The summed E-state index contributed by atoms with van der Waals surface area (Å²) in [6.07, 6.45) is 2.00. The predicted octanol–water partition coefficient (Wildman–Crippen LogP) is -0.0468. The number of ether oxygens (including phenoxy) is 1. The second kappa shape index (κ2) is 7.06. The number of nitrogens with zero attached hydrogens (tertiary/aromatic N) is 1. The quantitative estimate of drug-likeness (QED) is 0.661. The van der Waals surface area contributed by atoms with Crippen molar-refractivity contribution in [1.29, 1.82) is 0 Å². The standard InChI is InChI=1S/C11H22N2O4S/c1-3-13(9-10-5-4-7-12-10)18(15,16)8-6-11(14)17-2/h10,12H,3-9H2,1-2H3. The number of hydrogen-bond acceptors (Lipinski definition) is 5. The molecule has 1 aliphatic rings. The van der Waals surface area contributed by atoms with Crippen molar-refractivity contribution in [3.8, 4) is 0 Å². The van der Waals surface area contributed by atoms with Gasteiger partial charge in [0.25, 0.3) is 0 Å². The third kappa shape index (κ3) is 4.55. The predicted molar refractivity (Wildman–Crippen MR) is 68.7 cm³/mol. The summed E-state index contributed by atoms with van der Waals surface area (Å²) in [5, 5.41) is 3.27. The number of hydrogen-bond donors (Lipinski definition) is 1. The van der Waals surface area contributed by atoms with E-state index in [0.29, 0.717) is 13.1 Å². The van der Waals surface area contributed by atoms with Gasteiger partial charge in [-0.3, -0.25) is 4.79 Å². The maximum absolute atomic E-state index is 12.1. The van der Waals surface area contributed by atoms with Crippen molar-refractivity contribution in [3.05, 3.63) is 0 Å². The molecule has 106 valence electrons. The minimum atomic E-state index is -3.37. The summed E-state index contributed by atoms with van der Waals surface area (Å²) in [4.78, 5) is 11.0. The molecule has 1 rings (SSSR count). The minimum Gasteiger partial charge on any atom is -0.469 e. The lowest BCUT2D eigenvalue weighted by Crippen LogP contribution is -2.42. The van der Waals surface area contributed by atoms with E-state index < -0.39 is 16.0 Å². The number of carbonyl (C=O) groups excluding carboxylic acids is 1. The zero-order valence-corrected chi connectivity index (χ0v) is 11.8. The van der Waals surface area contributed by atoms with E-state index in [4.69, 9.17) is 0 Å². The molecule has 0 saturated carbocycles. The van der Waals surface area contributed by atoms with E-state index in [1.54, 1.807) is 0 Å². The van der Waals surface area contributed by atoms with E-state index in [9.17, 15) is 13.2 Å². The molecule has 1 saturated heterocycles. The molecule has 1 unspecified atom stereocenters. The molecule has 0 amide bonds. The maximum Gasteiger partial charge on any atom is 0.306 e. The van der Waals surface area contributed by atoms with E-state index in [1.807, 2.05) is 6.92 Å². The van der Waals surface area contributed by atoms with Gasteiger partial charge in [-0.2, -0.15) is 0 Å². The average Bonchev–Trinajstić information content (AvgIpc) is 2.85. The highest BCUT2D eigenvalue weighted by Gasteiger charge is 2.26. The van der Waals surface area contributed by atoms with Crippen LogP contribution in [-0.2, 0) is 19.6 Å². The molecule has 0 aromatic carbocycles. The molecule has 0 bridgehead atoms. The van der Waals surface area contributed by atoms with E-state index in [2.05, 4.69) is 10.1 Å². The molecule has 18 heavy (non-hydrogen) atoms. The van der Waals surface area contributed by atoms with E-state index >= 15 is 0 Å².